The molecule has 0 aliphatic rings. The van der Waals surface area contributed by atoms with Gasteiger partial charge in [-0.25, -0.2) is 0 Å². The Balaban J connectivity index is 2.82. The molecule has 0 fully saturated rings. The highest BCUT2D eigenvalue weighted by atomic mass is 35.5. The van der Waals surface area contributed by atoms with E-state index in [1.807, 2.05) is 6.92 Å². The van der Waals surface area contributed by atoms with Crippen LogP contribution in [0.25, 0.3) is 0 Å². The first-order valence-corrected chi connectivity index (χ1v) is 5.16. The molecule has 0 aliphatic carbocycles. The molecule has 0 bridgehead atoms. The number of phenols is 1. The molecule has 0 radical (unpaired) electrons. The zero-order chi connectivity index (χ0) is 11.4. The van der Waals surface area contributed by atoms with E-state index in [1.165, 1.54) is 6.07 Å². The molecule has 1 aromatic carbocycles. The first kappa shape index (κ1) is 12.2. The van der Waals surface area contributed by atoms with Gasteiger partial charge in [-0.1, -0.05) is 29.1 Å². The maximum Gasteiger partial charge on any atom is 0.138 e. The maximum atomic E-state index is 9.63. The summed E-state index contributed by atoms with van der Waals surface area (Å²) in [5.41, 5.74) is 0.634. The lowest BCUT2D eigenvalue weighted by molar-refractivity contribution is 0.464. The first-order valence-electron chi connectivity index (χ1n) is 4.41. The summed E-state index contributed by atoms with van der Waals surface area (Å²) in [7, 11) is 0. The van der Waals surface area contributed by atoms with E-state index in [0.29, 0.717) is 17.1 Å². The van der Waals surface area contributed by atoms with Gasteiger partial charge in [0, 0.05) is 17.1 Å². The van der Waals surface area contributed by atoms with Gasteiger partial charge in [-0.15, -0.1) is 6.42 Å². The third kappa shape index (κ3) is 3.32. The number of rotatable bonds is 3. The maximum absolute atomic E-state index is 9.63. The molecule has 80 valence electrons. The van der Waals surface area contributed by atoms with Gasteiger partial charge in [-0.05, 0) is 19.1 Å². The van der Waals surface area contributed by atoms with Crippen LogP contribution in [0.15, 0.2) is 12.1 Å². The number of hydrogen-bond acceptors (Lipinski definition) is 2. The average molecular weight is 244 g/mol. The Kier molecular flexibility index (Phi) is 4.28. The fraction of sp³-hybridized carbons (Fsp3) is 0.273. The molecule has 1 rings (SSSR count). The van der Waals surface area contributed by atoms with Crippen LogP contribution in [0.3, 0.4) is 0 Å². The lowest BCUT2D eigenvalue weighted by Crippen LogP contribution is -2.23. The van der Waals surface area contributed by atoms with Crippen molar-refractivity contribution in [3.8, 4) is 18.1 Å². The summed E-state index contributed by atoms with van der Waals surface area (Å²) in [6, 6.07) is 3.08. The molecule has 0 amide bonds. The summed E-state index contributed by atoms with van der Waals surface area (Å²) in [6.07, 6.45) is 5.21. The van der Waals surface area contributed by atoms with Crippen LogP contribution in [-0.4, -0.2) is 11.1 Å². The van der Waals surface area contributed by atoms with Gasteiger partial charge in [0.05, 0.1) is 11.1 Å². The second-order valence-corrected chi connectivity index (χ2v) is 4.01. The number of phenolic OH excluding ortho intramolecular Hbond substituents is 1. The Labute approximate surface area is 99.2 Å². The molecule has 0 saturated heterocycles. The first-order chi connectivity index (χ1) is 7.04. The standard InChI is InChI=1S/C11H11Cl2NO/c1-3-7(2)14-6-8-4-9(12)5-10(13)11(8)15/h1,4-5,7,14-15H,6H2,2H3. The molecular weight excluding hydrogens is 233 g/mol. The van der Waals surface area contributed by atoms with Crippen LogP contribution < -0.4 is 5.32 Å². The summed E-state index contributed by atoms with van der Waals surface area (Å²) in [4.78, 5) is 0. The molecule has 2 N–H and O–H groups in total. The zero-order valence-corrected chi connectivity index (χ0v) is 9.73. The lowest BCUT2D eigenvalue weighted by Gasteiger charge is -2.10. The Morgan fingerprint density at radius 2 is 2.20 bits per heavy atom. The Hall–Kier alpha value is -0.880. The minimum atomic E-state index is -0.0674. The monoisotopic (exact) mass is 243 g/mol. The van der Waals surface area contributed by atoms with Crippen LogP contribution in [0, 0.1) is 12.3 Å². The van der Waals surface area contributed by atoms with Crippen molar-refractivity contribution in [1.82, 2.24) is 5.32 Å². The third-order valence-electron chi connectivity index (χ3n) is 1.96. The van der Waals surface area contributed by atoms with E-state index in [0.717, 1.165) is 0 Å². The van der Waals surface area contributed by atoms with E-state index in [2.05, 4.69) is 11.2 Å². The predicted molar refractivity (Wildman–Crippen MR) is 63.3 cm³/mol. The van der Waals surface area contributed by atoms with Gasteiger partial charge in [0.1, 0.15) is 5.75 Å². The molecule has 15 heavy (non-hydrogen) atoms. The van der Waals surface area contributed by atoms with Crippen LogP contribution in [0.5, 0.6) is 5.75 Å². The minimum absolute atomic E-state index is 0.0396. The van der Waals surface area contributed by atoms with Crippen LogP contribution in [0.1, 0.15) is 12.5 Å². The fourth-order valence-electron chi connectivity index (χ4n) is 1.08. The number of aromatic hydroxyl groups is 1. The molecule has 1 unspecified atom stereocenters. The molecule has 0 spiro atoms. The fourth-order valence-corrected chi connectivity index (χ4v) is 1.61. The number of halogens is 2. The molecule has 0 saturated carbocycles. The van der Waals surface area contributed by atoms with E-state index >= 15 is 0 Å². The van der Waals surface area contributed by atoms with E-state index in [1.54, 1.807) is 6.07 Å². The highest BCUT2D eigenvalue weighted by Crippen LogP contribution is 2.30. The van der Waals surface area contributed by atoms with Crippen LogP contribution in [0.4, 0.5) is 0 Å². The van der Waals surface area contributed by atoms with Crippen molar-refractivity contribution in [2.75, 3.05) is 0 Å². The predicted octanol–water partition coefficient (Wildman–Crippen LogP) is 2.81. The Morgan fingerprint density at radius 3 is 2.80 bits per heavy atom. The highest BCUT2D eigenvalue weighted by Gasteiger charge is 2.08. The largest absolute Gasteiger partial charge is 0.506 e. The molecule has 2 nitrogen and oxygen atoms in total. The van der Waals surface area contributed by atoms with Crippen molar-refractivity contribution in [3.05, 3.63) is 27.7 Å². The van der Waals surface area contributed by atoms with Crippen molar-refractivity contribution in [2.24, 2.45) is 0 Å². The van der Waals surface area contributed by atoms with Crippen LogP contribution >= 0.6 is 23.2 Å². The van der Waals surface area contributed by atoms with Gasteiger partial charge in [0.2, 0.25) is 0 Å². The highest BCUT2D eigenvalue weighted by molar-refractivity contribution is 6.35. The van der Waals surface area contributed by atoms with Crippen molar-refractivity contribution in [1.29, 1.82) is 0 Å². The average Bonchev–Trinajstić information content (AvgIpc) is 2.20. The summed E-state index contributed by atoms with van der Waals surface area (Å²) in [5.74, 6) is 2.56. The number of terminal acetylenes is 1. The second kappa shape index (κ2) is 5.27. The third-order valence-corrected chi connectivity index (χ3v) is 2.46. The summed E-state index contributed by atoms with van der Waals surface area (Å²) >= 11 is 11.6. The van der Waals surface area contributed by atoms with Gasteiger partial charge in [-0.2, -0.15) is 0 Å². The summed E-state index contributed by atoms with van der Waals surface area (Å²) in [6.45, 7) is 2.28. The van der Waals surface area contributed by atoms with Gasteiger partial charge in [0.25, 0.3) is 0 Å². The van der Waals surface area contributed by atoms with E-state index in [4.69, 9.17) is 29.6 Å². The molecule has 4 heteroatoms. The Morgan fingerprint density at radius 1 is 1.53 bits per heavy atom. The summed E-state index contributed by atoms with van der Waals surface area (Å²) in [5, 5.41) is 13.4. The number of benzene rings is 1. The Bertz CT molecular complexity index is 398. The van der Waals surface area contributed by atoms with E-state index in [9.17, 15) is 5.11 Å². The molecular formula is C11H11Cl2NO. The van der Waals surface area contributed by atoms with Crippen molar-refractivity contribution in [3.63, 3.8) is 0 Å². The normalized spacial score (nSPS) is 12.1. The van der Waals surface area contributed by atoms with Crippen LogP contribution in [-0.2, 0) is 6.54 Å². The number of nitrogens with one attached hydrogen (secondary N) is 1. The van der Waals surface area contributed by atoms with Gasteiger partial charge in [-0.3, -0.25) is 5.32 Å². The lowest BCUT2D eigenvalue weighted by atomic mass is 10.2. The van der Waals surface area contributed by atoms with Gasteiger partial charge in [0.15, 0.2) is 0 Å². The molecule has 0 heterocycles. The molecule has 1 aromatic rings. The van der Waals surface area contributed by atoms with E-state index < -0.39 is 0 Å². The van der Waals surface area contributed by atoms with Gasteiger partial charge < -0.3 is 5.11 Å². The van der Waals surface area contributed by atoms with Crippen molar-refractivity contribution < 1.29 is 5.11 Å². The second-order valence-electron chi connectivity index (χ2n) is 3.16. The molecule has 1 atom stereocenters. The smallest absolute Gasteiger partial charge is 0.138 e. The SMILES string of the molecule is C#CC(C)NCc1cc(Cl)cc(Cl)c1O. The van der Waals surface area contributed by atoms with E-state index in [-0.39, 0.29) is 16.8 Å². The minimum Gasteiger partial charge on any atom is -0.506 e. The molecule has 0 aliphatic heterocycles. The summed E-state index contributed by atoms with van der Waals surface area (Å²) < 4.78 is 0. The number of hydrogen-bond donors (Lipinski definition) is 2. The van der Waals surface area contributed by atoms with Crippen LogP contribution in [0.2, 0.25) is 10.0 Å². The van der Waals surface area contributed by atoms with Crippen molar-refractivity contribution >= 4 is 23.2 Å². The zero-order valence-electron chi connectivity index (χ0n) is 8.22. The van der Waals surface area contributed by atoms with Gasteiger partial charge >= 0.3 is 0 Å². The molecule has 0 aromatic heterocycles. The van der Waals surface area contributed by atoms with Crippen molar-refractivity contribution in [2.45, 2.75) is 19.5 Å². The quantitative estimate of drug-likeness (QED) is 0.801. The topological polar surface area (TPSA) is 32.3 Å².